The largest absolute Gasteiger partial charge is 0.329 e. The number of aliphatic imine (C=N–C) groups is 1. The summed E-state index contributed by atoms with van der Waals surface area (Å²) in [4.78, 5) is 7.46. The van der Waals surface area contributed by atoms with Crippen molar-refractivity contribution in [1.82, 2.24) is 0 Å². The normalized spacial score (nSPS) is 11.5. The third-order valence-corrected chi connectivity index (χ3v) is 7.64. The molecule has 0 radical (unpaired) electrons. The summed E-state index contributed by atoms with van der Waals surface area (Å²) in [5.41, 5.74) is 5.65. The highest BCUT2D eigenvalue weighted by Gasteiger charge is 2.24. The molecule has 3 heteroatoms. The van der Waals surface area contributed by atoms with Crippen LogP contribution in [0.4, 0.5) is 11.4 Å². The van der Waals surface area contributed by atoms with Gasteiger partial charge in [-0.1, -0.05) is 96.1 Å². The molecule has 0 bridgehead atoms. The Morgan fingerprint density at radius 3 is 1.55 bits per heavy atom. The first-order valence-electron chi connectivity index (χ1n) is 10.5. The van der Waals surface area contributed by atoms with E-state index in [0.717, 1.165) is 17.0 Å². The summed E-state index contributed by atoms with van der Waals surface area (Å²) in [6.45, 7) is 4.22. The summed E-state index contributed by atoms with van der Waals surface area (Å²) in [5, 5.41) is 2.57. The van der Waals surface area contributed by atoms with Crippen LogP contribution in [0, 0.1) is 13.8 Å². The highest BCUT2D eigenvalue weighted by Crippen LogP contribution is 2.39. The molecule has 0 saturated carbocycles. The third-order valence-electron chi connectivity index (χ3n) is 5.21. The molecular weight excluding hydrogens is 395 g/mol. The zero-order chi connectivity index (χ0) is 21.6. The van der Waals surface area contributed by atoms with E-state index in [1.54, 1.807) is 0 Å². The van der Waals surface area contributed by atoms with Crippen molar-refractivity contribution < 1.29 is 0 Å². The molecule has 0 aliphatic heterocycles. The van der Waals surface area contributed by atoms with Gasteiger partial charge >= 0.3 is 0 Å². The van der Waals surface area contributed by atoms with E-state index < -0.39 is 7.92 Å². The Labute approximate surface area is 186 Å². The van der Waals surface area contributed by atoms with Gasteiger partial charge in [-0.25, -0.2) is 4.99 Å². The minimum atomic E-state index is -0.840. The molecule has 0 heterocycles. The maximum absolute atomic E-state index is 5.22. The smallest absolute Gasteiger partial charge is 0.141 e. The van der Waals surface area contributed by atoms with E-state index in [9.17, 15) is 0 Å². The van der Waals surface area contributed by atoms with Gasteiger partial charge in [-0.3, -0.25) is 0 Å². The van der Waals surface area contributed by atoms with Crippen molar-refractivity contribution in [2.45, 2.75) is 13.8 Å². The Hall–Kier alpha value is -3.22. The average molecular weight is 423 g/mol. The lowest BCUT2D eigenvalue weighted by atomic mass is 10.2. The van der Waals surface area contributed by atoms with Crippen LogP contribution in [0.25, 0.3) is 0 Å². The second-order valence-corrected chi connectivity index (χ2v) is 9.75. The lowest BCUT2D eigenvalue weighted by molar-refractivity contribution is 1.26. The predicted octanol–water partition coefficient (Wildman–Crippen LogP) is 6.56. The monoisotopic (exact) mass is 422 g/mol. The van der Waals surface area contributed by atoms with E-state index in [-0.39, 0.29) is 0 Å². The van der Waals surface area contributed by atoms with Crippen LogP contribution in [0.5, 0.6) is 0 Å². The fourth-order valence-corrected chi connectivity index (χ4v) is 5.76. The van der Waals surface area contributed by atoms with Crippen molar-refractivity contribution in [3.8, 4) is 0 Å². The van der Waals surface area contributed by atoms with Gasteiger partial charge < -0.3 is 4.90 Å². The first kappa shape index (κ1) is 21.0. The topological polar surface area (TPSA) is 15.6 Å². The fourth-order valence-electron chi connectivity index (χ4n) is 3.43. The fraction of sp³-hybridized carbons (Fsp3) is 0.107. The van der Waals surface area contributed by atoms with E-state index in [2.05, 4.69) is 135 Å². The van der Waals surface area contributed by atoms with Gasteiger partial charge in [-0.15, -0.1) is 0 Å². The summed E-state index contributed by atoms with van der Waals surface area (Å²) in [5.74, 6) is 0. The van der Waals surface area contributed by atoms with Crippen LogP contribution in [0.2, 0.25) is 0 Å². The molecule has 0 atom stereocenters. The first-order valence-corrected chi connectivity index (χ1v) is 11.8. The zero-order valence-electron chi connectivity index (χ0n) is 18.2. The van der Waals surface area contributed by atoms with E-state index in [4.69, 9.17) is 4.99 Å². The molecule has 0 aliphatic rings. The van der Waals surface area contributed by atoms with Gasteiger partial charge in [0.25, 0.3) is 0 Å². The van der Waals surface area contributed by atoms with Crippen LogP contribution in [0.15, 0.2) is 114 Å². The molecule has 31 heavy (non-hydrogen) atoms. The Bertz CT molecular complexity index is 1100. The molecule has 0 aromatic heterocycles. The second kappa shape index (κ2) is 9.73. The molecule has 0 saturated heterocycles. The van der Waals surface area contributed by atoms with Gasteiger partial charge in [-0.05, 0) is 48.7 Å². The van der Waals surface area contributed by atoms with Crippen LogP contribution in [0.1, 0.15) is 11.1 Å². The molecule has 0 amide bonds. The highest BCUT2D eigenvalue weighted by molar-refractivity contribution is 7.88. The Kier molecular flexibility index (Phi) is 6.60. The summed E-state index contributed by atoms with van der Waals surface area (Å²) >= 11 is 0. The van der Waals surface area contributed by atoms with Crippen LogP contribution in [0.3, 0.4) is 0 Å². The van der Waals surface area contributed by atoms with Crippen LogP contribution >= 0.6 is 7.92 Å². The lowest BCUT2D eigenvalue weighted by Gasteiger charge is -2.29. The number of hydrogen-bond acceptors (Lipinski definition) is 1. The summed E-state index contributed by atoms with van der Waals surface area (Å²) in [6.07, 6.45) is 0. The van der Waals surface area contributed by atoms with Crippen molar-refractivity contribution in [2.24, 2.45) is 4.99 Å². The molecule has 154 valence electrons. The standard InChI is InChI=1S/C28H27N2P/c1-22-14-18-24(19-15-22)29-28(30(3)25-20-16-23(2)17-21-25)31(26-10-6-4-7-11-26)27-12-8-5-9-13-27/h4-21H,1-3H3/b29-28-. The van der Waals surface area contributed by atoms with Gasteiger partial charge in [0.2, 0.25) is 0 Å². The molecule has 0 fully saturated rings. The number of nitrogens with zero attached hydrogens (tertiary/aromatic N) is 2. The van der Waals surface area contributed by atoms with Crippen molar-refractivity contribution in [1.29, 1.82) is 0 Å². The van der Waals surface area contributed by atoms with E-state index in [0.29, 0.717) is 0 Å². The molecule has 0 spiro atoms. The number of aryl methyl sites for hydroxylation is 2. The average Bonchev–Trinajstić information content (AvgIpc) is 2.81. The molecule has 0 unspecified atom stereocenters. The minimum absolute atomic E-state index is 0.840. The molecule has 0 N–H and O–H groups in total. The van der Waals surface area contributed by atoms with Crippen LogP contribution in [-0.2, 0) is 0 Å². The molecule has 4 aromatic rings. The number of anilines is 1. The predicted molar refractivity (Wildman–Crippen MR) is 137 cm³/mol. The highest BCUT2D eigenvalue weighted by atomic mass is 31.1. The number of rotatable bonds is 5. The molecule has 4 rings (SSSR count). The first-order chi connectivity index (χ1) is 15.1. The molecular formula is C28H27N2P. The van der Waals surface area contributed by atoms with Gasteiger partial charge in [-0.2, -0.15) is 0 Å². The molecule has 0 aliphatic carbocycles. The zero-order valence-corrected chi connectivity index (χ0v) is 19.1. The van der Waals surface area contributed by atoms with Crippen molar-refractivity contribution in [2.75, 3.05) is 11.9 Å². The van der Waals surface area contributed by atoms with Crippen molar-refractivity contribution in [3.05, 3.63) is 120 Å². The van der Waals surface area contributed by atoms with Gasteiger partial charge in [0.15, 0.2) is 0 Å². The van der Waals surface area contributed by atoms with E-state index in [1.165, 1.54) is 21.7 Å². The quantitative estimate of drug-likeness (QED) is 0.202. The van der Waals surface area contributed by atoms with E-state index >= 15 is 0 Å². The lowest BCUT2D eigenvalue weighted by Crippen LogP contribution is -2.31. The third kappa shape index (κ3) is 5.10. The van der Waals surface area contributed by atoms with Gasteiger partial charge in [0, 0.05) is 20.7 Å². The van der Waals surface area contributed by atoms with Crippen LogP contribution < -0.4 is 15.5 Å². The summed E-state index contributed by atoms with van der Waals surface area (Å²) in [6, 6.07) is 38.5. The SMILES string of the molecule is Cc1ccc(/N=C(/N(C)c2ccc(C)cc2)P(c2ccccc2)c2ccccc2)cc1. The minimum Gasteiger partial charge on any atom is -0.329 e. The Balaban J connectivity index is 1.90. The maximum Gasteiger partial charge on any atom is 0.141 e. The van der Waals surface area contributed by atoms with Gasteiger partial charge in [0.1, 0.15) is 5.58 Å². The molecule has 2 nitrogen and oxygen atoms in total. The number of hydrogen-bond donors (Lipinski definition) is 0. The summed E-state index contributed by atoms with van der Waals surface area (Å²) < 4.78 is 0. The number of benzene rings is 4. The van der Waals surface area contributed by atoms with E-state index in [1.807, 2.05) is 0 Å². The Morgan fingerprint density at radius 2 is 1.06 bits per heavy atom. The second-order valence-electron chi connectivity index (χ2n) is 7.65. The molecule has 4 aromatic carbocycles. The maximum atomic E-state index is 5.22. The van der Waals surface area contributed by atoms with Crippen molar-refractivity contribution in [3.63, 3.8) is 0 Å². The van der Waals surface area contributed by atoms with Crippen LogP contribution in [-0.4, -0.2) is 12.6 Å². The summed E-state index contributed by atoms with van der Waals surface area (Å²) in [7, 11) is 1.28. The van der Waals surface area contributed by atoms with Crippen molar-refractivity contribution >= 4 is 35.5 Å². The van der Waals surface area contributed by atoms with Gasteiger partial charge in [0.05, 0.1) is 5.69 Å². The Morgan fingerprint density at radius 1 is 0.613 bits per heavy atom. The number of amidine groups is 1.